The molecule has 2 N–H and O–H groups in total. The van der Waals surface area contributed by atoms with E-state index in [1.807, 2.05) is 0 Å². The molecule has 0 saturated heterocycles. The molecule has 0 aromatic rings. The Morgan fingerprint density at radius 1 is 1.40 bits per heavy atom. The van der Waals surface area contributed by atoms with E-state index in [9.17, 15) is 0 Å². The van der Waals surface area contributed by atoms with E-state index in [2.05, 4.69) is 0 Å². The van der Waals surface area contributed by atoms with E-state index >= 15 is 0 Å². The van der Waals surface area contributed by atoms with Crippen LogP contribution in [-0.4, -0.2) is 13.3 Å². The standard InChI is InChI=1S/Eu.H2O3S/c;1-4(2)3/h;(H2,1,2,3). The van der Waals surface area contributed by atoms with Crippen molar-refractivity contribution in [2.45, 2.75) is 0 Å². The third-order valence-electron chi connectivity index (χ3n) is 0. The van der Waals surface area contributed by atoms with Crippen LogP contribution >= 0.6 is 0 Å². The van der Waals surface area contributed by atoms with Crippen molar-refractivity contribution in [2.75, 3.05) is 0 Å². The fourth-order valence-electron chi connectivity index (χ4n) is 0. The van der Waals surface area contributed by atoms with Crippen molar-refractivity contribution in [1.29, 1.82) is 0 Å². The molecule has 0 aliphatic rings. The summed E-state index contributed by atoms with van der Waals surface area (Å²) in [5, 5.41) is 0. The van der Waals surface area contributed by atoms with Gasteiger partial charge >= 0.3 is 0 Å². The molecule has 0 heterocycles. The van der Waals surface area contributed by atoms with Gasteiger partial charge in [-0.25, -0.2) is 0 Å². The van der Waals surface area contributed by atoms with E-state index in [1.54, 1.807) is 0 Å². The molecule has 0 aliphatic carbocycles. The Morgan fingerprint density at radius 3 is 1.40 bits per heavy atom. The summed E-state index contributed by atoms with van der Waals surface area (Å²) >= 11 is -2.61. The fraction of sp³-hybridized carbons (Fsp3) is 0. The Bertz CT molecular complexity index is 29.9. The van der Waals surface area contributed by atoms with Crippen LogP contribution in [0.2, 0.25) is 0 Å². The van der Waals surface area contributed by atoms with Gasteiger partial charge in [0, 0.05) is 49.4 Å². The van der Waals surface area contributed by atoms with Crippen molar-refractivity contribution in [1.82, 2.24) is 0 Å². The second-order valence-electron chi connectivity index (χ2n) is 0.231. The van der Waals surface area contributed by atoms with Gasteiger partial charge < -0.3 is 0 Å². The normalized spacial score (nSPS) is 7.00. The Hall–Kier alpha value is 1.65. The molecule has 0 atom stereocenters. The first kappa shape index (κ1) is 9.82. The summed E-state index contributed by atoms with van der Waals surface area (Å²) in [5.41, 5.74) is 0. The number of rotatable bonds is 0. The van der Waals surface area contributed by atoms with E-state index in [0.717, 1.165) is 0 Å². The summed E-state index contributed by atoms with van der Waals surface area (Å²) in [6.07, 6.45) is 0. The maximum Gasteiger partial charge on any atom is 0.299 e. The van der Waals surface area contributed by atoms with Gasteiger partial charge in [0.25, 0.3) is 11.4 Å². The predicted octanol–water partition coefficient (Wildman–Crippen LogP) is -0.319. The summed E-state index contributed by atoms with van der Waals surface area (Å²) in [4.78, 5) is 0. The summed E-state index contributed by atoms with van der Waals surface area (Å²) in [6.45, 7) is 0. The number of hydrogen-bond donors (Lipinski definition) is 2. The first-order valence-electron chi connectivity index (χ1n) is 0.532. The molecule has 0 aromatic carbocycles. The minimum Gasteiger partial charge on any atom is -0.284 e. The molecule has 5 heteroatoms. The van der Waals surface area contributed by atoms with Crippen molar-refractivity contribution >= 4 is 11.4 Å². The summed E-state index contributed by atoms with van der Waals surface area (Å²) in [5.74, 6) is 0. The monoisotopic (exact) mass is 235 g/mol. The Labute approximate surface area is 72.8 Å². The molecule has 0 aromatic heterocycles. The summed E-state index contributed by atoms with van der Waals surface area (Å²) in [6, 6.07) is 0. The fourth-order valence-corrected chi connectivity index (χ4v) is 0. The topological polar surface area (TPSA) is 57.5 Å². The van der Waals surface area contributed by atoms with Crippen LogP contribution in [0.4, 0.5) is 0 Å². The molecular formula is H2EuO3S. The quantitative estimate of drug-likeness (QED) is 0.565. The van der Waals surface area contributed by atoms with Crippen LogP contribution in [0.15, 0.2) is 0 Å². The third kappa shape index (κ3) is 27.6. The average molecular weight is 234 g/mol. The van der Waals surface area contributed by atoms with Crippen molar-refractivity contribution in [3.63, 3.8) is 0 Å². The molecule has 1 radical (unpaired) electrons. The van der Waals surface area contributed by atoms with Crippen LogP contribution in [0, 0.1) is 49.4 Å². The molecule has 0 amide bonds. The molecule has 3 nitrogen and oxygen atoms in total. The molecule has 0 rings (SSSR count). The van der Waals surface area contributed by atoms with Crippen molar-refractivity contribution < 1.29 is 62.7 Å². The van der Waals surface area contributed by atoms with E-state index in [0.29, 0.717) is 0 Å². The average Bonchev–Trinajstić information content (AvgIpc) is 0.811. The van der Waals surface area contributed by atoms with Crippen LogP contribution in [0.25, 0.3) is 0 Å². The minimum absolute atomic E-state index is 0. The van der Waals surface area contributed by atoms with Gasteiger partial charge in [-0.15, -0.1) is 0 Å². The van der Waals surface area contributed by atoms with E-state index in [-0.39, 0.29) is 49.4 Å². The predicted molar refractivity (Wildman–Crippen MR) is 13.4 cm³/mol. The van der Waals surface area contributed by atoms with Crippen LogP contribution in [0.5, 0.6) is 0 Å². The smallest absolute Gasteiger partial charge is 0.284 e. The maximum absolute atomic E-state index is 8.67. The molecular weight excluding hydrogens is 232 g/mol. The molecule has 0 fully saturated rings. The van der Waals surface area contributed by atoms with Crippen LogP contribution in [0.3, 0.4) is 0 Å². The molecule has 0 unspecified atom stereocenters. The van der Waals surface area contributed by atoms with Gasteiger partial charge in [-0.1, -0.05) is 0 Å². The SMILES string of the molecule is O=S(O)O.[Eu]. The van der Waals surface area contributed by atoms with Gasteiger partial charge in [-0.2, -0.15) is 4.21 Å². The molecule has 0 bridgehead atoms. The van der Waals surface area contributed by atoms with Gasteiger partial charge in [-0.05, 0) is 0 Å². The zero-order chi connectivity index (χ0) is 3.58. The van der Waals surface area contributed by atoms with E-state index in [4.69, 9.17) is 13.3 Å². The molecule has 0 spiro atoms. The van der Waals surface area contributed by atoms with Gasteiger partial charge in [-0.3, -0.25) is 9.11 Å². The summed E-state index contributed by atoms with van der Waals surface area (Å²) < 4.78 is 22.8. The zero-order valence-corrected chi connectivity index (χ0v) is 5.33. The largest absolute Gasteiger partial charge is 0.299 e. The third-order valence-corrected chi connectivity index (χ3v) is 0. The van der Waals surface area contributed by atoms with Gasteiger partial charge in [0.15, 0.2) is 0 Å². The van der Waals surface area contributed by atoms with Gasteiger partial charge in [0.2, 0.25) is 0 Å². The molecule has 0 saturated carbocycles. The maximum atomic E-state index is 8.67. The van der Waals surface area contributed by atoms with Crippen LogP contribution < -0.4 is 0 Å². The van der Waals surface area contributed by atoms with E-state index in [1.165, 1.54) is 0 Å². The zero-order valence-electron chi connectivity index (χ0n) is 2.09. The van der Waals surface area contributed by atoms with Crippen molar-refractivity contribution in [3.05, 3.63) is 0 Å². The molecule has 5 heavy (non-hydrogen) atoms. The van der Waals surface area contributed by atoms with Crippen LogP contribution in [-0.2, 0) is 11.4 Å². The van der Waals surface area contributed by atoms with Crippen LogP contribution in [0.1, 0.15) is 0 Å². The first-order chi connectivity index (χ1) is 1.73. The van der Waals surface area contributed by atoms with Crippen molar-refractivity contribution in [2.24, 2.45) is 0 Å². The summed E-state index contributed by atoms with van der Waals surface area (Å²) in [7, 11) is 0. The Balaban J connectivity index is 0. The number of hydrogen-bond acceptors (Lipinski definition) is 1. The second kappa shape index (κ2) is 5.65. The Morgan fingerprint density at radius 2 is 1.40 bits per heavy atom. The van der Waals surface area contributed by atoms with E-state index < -0.39 is 11.4 Å². The minimum atomic E-state index is -2.61. The first-order valence-corrected chi connectivity index (χ1v) is 1.60. The second-order valence-corrected chi connectivity index (χ2v) is 0.692. The van der Waals surface area contributed by atoms with Crippen molar-refractivity contribution in [3.8, 4) is 0 Å². The van der Waals surface area contributed by atoms with Gasteiger partial charge in [0.1, 0.15) is 0 Å². The Kier molecular flexibility index (Phi) is 11.1. The van der Waals surface area contributed by atoms with Gasteiger partial charge in [0.05, 0.1) is 0 Å². The molecule has 0 aliphatic heterocycles. The molecule has 33 valence electrons.